The summed E-state index contributed by atoms with van der Waals surface area (Å²) >= 11 is 0. The van der Waals surface area contributed by atoms with Crippen LogP contribution in [-0.4, -0.2) is 20.4 Å². The summed E-state index contributed by atoms with van der Waals surface area (Å²) in [5.41, 5.74) is 5.15. The summed E-state index contributed by atoms with van der Waals surface area (Å²) in [7, 11) is 0. The van der Waals surface area contributed by atoms with Crippen molar-refractivity contribution in [3.63, 3.8) is 0 Å². The van der Waals surface area contributed by atoms with Crippen molar-refractivity contribution in [2.45, 2.75) is 33.1 Å². The Morgan fingerprint density at radius 2 is 2.25 bits per heavy atom. The van der Waals surface area contributed by atoms with Gasteiger partial charge in [0.05, 0.1) is 5.60 Å². The predicted molar refractivity (Wildman–Crippen MR) is 45.3 cm³/mol. The fourth-order valence-electron chi connectivity index (χ4n) is 0.631. The van der Waals surface area contributed by atoms with Crippen molar-refractivity contribution in [3.05, 3.63) is 6.33 Å². The van der Waals surface area contributed by atoms with E-state index in [1.54, 1.807) is 11.0 Å². The molecule has 0 saturated heterocycles. The van der Waals surface area contributed by atoms with Crippen LogP contribution in [0.3, 0.4) is 0 Å². The van der Waals surface area contributed by atoms with Crippen molar-refractivity contribution in [1.82, 2.24) is 14.8 Å². The minimum Gasteiger partial charge on any atom is -0.367 e. The molecule has 0 bridgehead atoms. The molecule has 1 heterocycles. The Balaban J connectivity index is 2.44. The zero-order valence-electron chi connectivity index (χ0n) is 7.61. The molecule has 68 valence electrons. The standard InChI is InChI=1S/C7H14N4O/c1-7(2,3)12-5-11-4-9-6(8)10-11/h4H,5H2,1-3H3,(H2,8,10). The van der Waals surface area contributed by atoms with Gasteiger partial charge >= 0.3 is 0 Å². The summed E-state index contributed by atoms with van der Waals surface area (Å²) in [6.07, 6.45) is 1.54. The summed E-state index contributed by atoms with van der Waals surface area (Å²) in [6, 6.07) is 0. The van der Waals surface area contributed by atoms with Crippen LogP contribution in [0.15, 0.2) is 6.33 Å². The van der Waals surface area contributed by atoms with E-state index < -0.39 is 0 Å². The Bertz CT molecular complexity index is 250. The lowest BCUT2D eigenvalue weighted by Crippen LogP contribution is -2.21. The van der Waals surface area contributed by atoms with E-state index in [0.29, 0.717) is 6.73 Å². The fraction of sp³-hybridized carbons (Fsp3) is 0.714. The molecule has 2 N–H and O–H groups in total. The molecule has 0 aromatic carbocycles. The number of aromatic nitrogens is 3. The van der Waals surface area contributed by atoms with E-state index in [-0.39, 0.29) is 11.5 Å². The molecule has 0 aliphatic carbocycles. The van der Waals surface area contributed by atoms with E-state index in [9.17, 15) is 0 Å². The molecular formula is C7H14N4O. The highest BCUT2D eigenvalue weighted by atomic mass is 16.5. The van der Waals surface area contributed by atoms with Crippen LogP contribution < -0.4 is 5.73 Å². The number of nitrogens with two attached hydrogens (primary N) is 1. The molecule has 0 aliphatic heterocycles. The van der Waals surface area contributed by atoms with E-state index in [2.05, 4.69) is 10.1 Å². The molecule has 0 saturated carbocycles. The number of rotatable bonds is 2. The van der Waals surface area contributed by atoms with Crippen LogP contribution >= 0.6 is 0 Å². The van der Waals surface area contributed by atoms with Crippen LogP contribution in [-0.2, 0) is 11.5 Å². The number of nitrogens with zero attached hydrogens (tertiary/aromatic N) is 3. The summed E-state index contributed by atoms with van der Waals surface area (Å²) in [4.78, 5) is 3.77. The largest absolute Gasteiger partial charge is 0.367 e. The molecule has 0 aliphatic rings. The fourth-order valence-corrected chi connectivity index (χ4v) is 0.631. The van der Waals surface area contributed by atoms with E-state index >= 15 is 0 Å². The van der Waals surface area contributed by atoms with Gasteiger partial charge in [-0.15, -0.1) is 5.10 Å². The van der Waals surface area contributed by atoms with Crippen LogP contribution in [0.2, 0.25) is 0 Å². The number of hydrogen-bond acceptors (Lipinski definition) is 4. The van der Waals surface area contributed by atoms with Gasteiger partial charge in [0, 0.05) is 0 Å². The molecule has 1 rings (SSSR count). The Morgan fingerprint density at radius 3 is 2.67 bits per heavy atom. The molecule has 0 spiro atoms. The van der Waals surface area contributed by atoms with E-state index in [4.69, 9.17) is 10.5 Å². The van der Waals surface area contributed by atoms with Crippen LogP contribution in [0.1, 0.15) is 20.8 Å². The van der Waals surface area contributed by atoms with Gasteiger partial charge in [-0.05, 0) is 20.8 Å². The molecule has 5 nitrogen and oxygen atoms in total. The van der Waals surface area contributed by atoms with Gasteiger partial charge in [-0.25, -0.2) is 9.67 Å². The maximum Gasteiger partial charge on any atom is 0.239 e. The van der Waals surface area contributed by atoms with Gasteiger partial charge in [0.25, 0.3) is 0 Å². The van der Waals surface area contributed by atoms with Crippen LogP contribution in [0.5, 0.6) is 0 Å². The Hall–Kier alpha value is -1.10. The molecule has 0 fully saturated rings. The minimum absolute atomic E-state index is 0.166. The third kappa shape index (κ3) is 2.87. The van der Waals surface area contributed by atoms with Crippen molar-refractivity contribution in [1.29, 1.82) is 0 Å². The first kappa shape index (κ1) is 8.99. The number of ether oxygens (including phenoxy) is 1. The third-order valence-electron chi connectivity index (χ3n) is 1.18. The average Bonchev–Trinajstić information content (AvgIpc) is 2.30. The van der Waals surface area contributed by atoms with Crippen molar-refractivity contribution in [2.24, 2.45) is 0 Å². The Kier molecular flexibility index (Phi) is 2.32. The lowest BCUT2D eigenvalue weighted by atomic mass is 10.2. The van der Waals surface area contributed by atoms with E-state index in [0.717, 1.165) is 0 Å². The van der Waals surface area contributed by atoms with E-state index in [1.807, 2.05) is 20.8 Å². The zero-order valence-corrected chi connectivity index (χ0v) is 7.61. The zero-order chi connectivity index (χ0) is 9.19. The summed E-state index contributed by atoms with van der Waals surface area (Å²) in [6.45, 7) is 6.32. The highest BCUT2D eigenvalue weighted by Gasteiger charge is 2.10. The second-order valence-electron chi connectivity index (χ2n) is 3.53. The van der Waals surface area contributed by atoms with Crippen molar-refractivity contribution < 1.29 is 4.74 Å². The van der Waals surface area contributed by atoms with Gasteiger partial charge in [0.15, 0.2) is 0 Å². The first-order valence-electron chi connectivity index (χ1n) is 3.76. The van der Waals surface area contributed by atoms with Gasteiger partial charge in [-0.3, -0.25) is 0 Å². The maximum atomic E-state index is 5.43. The van der Waals surface area contributed by atoms with Crippen LogP contribution in [0.4, 0.5) is 5.95 Å². The molecule has 0 amide bonds. The molecule has 1 aromatic heterocycles. The van der Waals surface area contributed by atoms with Gasteiger partial charge in [-0.2, -0.15) is 0 Å². The second kappa shape index (κ2) is 3.10. The first-order valence-corrected chi connectivity index (χ1v) is 3.76. The minimum atomic E-state index is -0.166. The molecule has 5 heteroatoms. The smallest absolute Gasteiger partial charge is 0.239 e. The molecule has 1 aromatic rings. The van der Waals surface area contributed by atoms with Crippen LogP contribution in [0.25, 0.3) is 0 Å². The predicted octanol–water partition coefficient (Wildman–Crippen LogP) is 0.633. The van der Waals surface area contributed by atoms with Gasteiger partial charge in [0.2, 0.25) is 5.95 Å². The van der Waals surface area contributed by atoms with Crippen LogP contribution in [0, 0.1) is 0 Å². The van der Waals surface area contributed by atoms with Gasteiger partial charge < -0.3 is 10.5 Å². The lowest BCUT2D eigenvalue weighted by Gasteiger charge is -2.18. The maximum absolute atomic E-state index is 5.43. The molecule has 0 unspecified atom stereocenters. The topological polar surface area (TPSA) is 66.0 Å². The second-order valence-corrected chi connectivity index (χ2v) is 3.53. The van der Waals surface area contributed by atoms with Gasteiger partial charge in [-0.1, -0.05) is 0 Å². The molecule has 0 radical (unpaired) electrons. The summed E-state index contributed by atoms with van der Waals surface area (Å²) in [5.74, 6) is 0.271. The molecule has 0 atom stereocenters. The number of hydrogen-bond donors (Lipinski definition) is 1. The van der Waals surface area contributed by atoms with Crippen molar-refractivity contribution >= 4 is 5.95 Å². The summed E-state index contributed by atoms with van der Waals surface area (Å²) < 4.78 is 6.99. The third-order valence-corrected chi connectivity index (χ3v) is 1.18. The quantitative estimate of drug-likeness (QED) is 0.707. The Morgan fingerprint density at radius 1 is 1.58 bits per heavy atom. The van der Waals surface area contributed by atoms with Crippen molar-refractivity contribution in [2.75, 3.05) is 5.73 Å². The molecular weight excluding hydrogens is 156 g/mol. The molecule has 12 heavy (non-hydrogen) atoms. The average molecular weight is 170 g/mol. The van der Waals surface area contributed by atoms with Crippen molar-refractivity contribution in [3.8, 4) is 0 Å². The summed E-state index contributed by atoms with van der Waals surface area (Å²) in [5, 5.41) is 3.87. The number of anilines is 1. The lowest BCUT2D eigenvalue weighted by molar-refractivity contribution is -0.0480. The SMILES string of the molecule is CC(C)(C)OCn1cnc(N)n1. The van der Waals surface area contributed by atoms with E-state index in [1.165, 1.54) is 0 Å². The first-order chi connectivity index (χ1) is 5.47. The normalized spacial score (nSPS) is 11.9. The highest BCUT2D eigenvalue weighted by molar-refractivity contribution is 5.08. The number of nitrogen functional groups attached to an aromatic ring is 1. The Labute approximate surface area is 71.5 Å². The van der Waals surface area contributed by atoms with Gasteiger partial charge in [0.1, 0.15) is 13.1 Å². The highest BCUT2D eigenvalue weighted by Crippen LogP contribution is 2.07. The monoisotopic (exact) mass is 170 g/mol.